The summed E-state index contributed by atoms with van der Waals surface area (Å²) in [5.41, 5.74) is 4.97. The number of hydrogen-bond donors (Lipinski definition) is 5. The van der Waals surface area contributed by atoms with E-state index >= 15 is 0 Å². The number of hydrogen-bond acceptors (Lipinski definition) is 6. The molecule has 24 heavy (non-hydrogen) atoms. The first-order valence-corrected chi connectivity index (χ1v) is 8.61. The largest absolute Gasteiger partial charge is 0.480 e. The summed E-state index contributed by atoms with van der Waals surface area (Å²) in [4.78, 5) is 26.3. The zero-order chi connectivity index (χ0) is 18.1. The van der Waals surface area contributed by atoms with Gasteiger partial charge in [0.2, 0.25) is 5.91 Å². The minimum absolute atomic E-state index is 0.0148. The molecule has 2 aliphatic heterocycles. The highest BCUT2D eigenvalue weighted by molar-refractivity contribution is 6.40. The minimum Gasteiger partial charge on any atom is -0.480 e. The summed E-state index contributed by atoms with van der Waals surface area (Å²) in [5.74, 6) is -1.28. The maximum atomic E-state index is 12.7. The Balaban J connectivity index is 2.17. The van der Waals surface area contributed by atoms with Crippen LogP contribution in [0.3, 0.4) is 0 Å². The third-order valence-corrected chi connectivity index (χ3v) is 5.52. The van der Waals surface area contributed by atoms with E-state index in [4.69, 9.17) is 15.8 Å². The fraction of sp³-hybridized carbons (Fsp3) is 0.867. The average Bonchev–Trinajstić information content (AvgIpc) is 2.75. The quantitative estimate of drug-likeness (QED) is 0.370. The number of carbonyl (C=O) groups excluding carboxylic acids is 1. The van der Waals surface area contributed by atoms with Gasteiger partial charge < -0.3 is 25.8 Å². The molecule has 2 fully saturated rings. The summed E-state index contributed by atoms with van der Waals surface area (Å²) in [6.45, 7) is 4.58. The van der Waals surface area contributed by atoms with Crippen molar-refractivity contribution in [1.29, 1.82) is 0 Å². The van der Waals surface area contributed by atoms with Crippen LogP contribution in [0.25, 0.3) is 0 Å². The Labute approximate surface area is 142 Å². The van der Waals surface area contributed by atoms with Crippen LogP contribution in [-0.2, 0) is 9.59 Å². The van der Waals surface area contributed by atoms with Gasteiger partial charge in [-0.3, -0.25) is 14.9 Å². The number of amides is 1. The van der Waals surface area contributed by atoms with Gasteiger partial charge in [-0.1, -0.05) is 20.3 Å². The first kappa shape index (κ1) is 19.2. The zero-order valence-electron chi connectivity index (χ0n) is 14.3. The van der Waals surface area contributed by atoms with E-state index in [2.05, 4.69) is 5.32 Å². The lowest BCUT2D eigenvalue weighted by Gasteiger charge is -2.44. The number of fused-ring (bicyclic) bond motifs is 2. The number of nitrogens with one attached hydrogen (secondary N) is 1. The third kappa shape index (κ3) is 3.44. The number of piperidine rings is 1. The molecule has 0 radical (unpaired) electrons. The predicted octanol–water partition coefficient (Wildman–Crippen LogP) is -1.13. The van der Waals surface area contributed by atoms with Crippen LogP contribution in [0.1, 0.15) is 33.1 Å². The SMILES string of the molecule is CC(C)[C@H](N)C(=O)N1CCC2(C(=O)O)NCC1C2CCCB(O)O. The summed E-state index contributed by atoms with van der Waals surface area (Å²) in [7, 11) is -1.40. The highest BCUT2D eigenvalue weighted by atomic mass is 16.4. The van der Waals surface area contributed by atoms with E-state index in [0.717, 1.165) is 0 Å². The van der Waals surface area contributed by atoms with Crippen molar-refractivity contribution in [3.05, 3.63) is 0 Å². The molecule has 2 aliphatic rings. The summed E-state index contributed by atoms with van der Waals surface area (Å²) >= 11 is 0. The van der Waals surface area contributed by atoms with Crippen LogP contribution in [0.4, 0.5) is 0 Å². The Morgan fingerprint density at radius 2 is 2.08 bits per heavy atom. The van der Waals surface area contributed by atoms with Crippen molar-refractivity contribution < 1.29 is 24.7 Å². The second-order valence-electron chi connectivity index (χ2n) is 7.29. The Hall–Kier alpha value is -1.16. The molecule has 3 unspecified atom stereocenters. The van der Waals surface area contributed by atoms with Gasteiger partial charge in [-0.25, -0.2) is 0 Å². The fourth-order valence-corrected chi connectivity index (χ4v) is 4.00. The second-order valence-corrected chi connectivity index (χ2v) is 7.29. The highest BCUT2D eigenvalue weighted by Crippen LogP contribution is 2.41. The van der Waals surface area contributed by atoms with Crippen LogP contribution in [-0.4, -0.2) is 69.8 Å². The van der Waals surface area contributed by atoms with Gasteiger partial charge in [0, 0.05) is 25.0 Å². The standard InChI is InChI=1S/C15H28BN3O5/c1-9(2)12(17)13(20)19-7-5-15(14(21)22)10(11(19)8-18-15)4-3-6-16(23)24/h9-12,18,23-24H,3-8,17H2,1-2H3,(H,21,22)/t10?,11?,12-,15?/m0/s1. The number of nitrogens with two attached hydrogens (primary N) is 1. The Kier molecular flexibility index (Phi) is 5.90. The van der Waals surface area contributed by atoms with E-state index in [9.17, 15) is 14.7 Å². The molecule has 4 atom stereocenters. The van der Waals surface area contributed by atoms with Crippen molar-refractivity contribution in [3.8, 4) is 0 Å². The van der Waals surface area contributed by atoms with E-state index in [1.807, 2.05) is 13.8 Å². The minimum atomic E-state index is -1.40. The molecule has 9 heteroatoms. The zero-order valence-corrected chi connectivity index (χ0v) is 14.3. The van der Waals surface area contributed by atoms with E-state index in [1.165, 1.54) is 0 Å². The summed E-state index contributed by atoms with van der Waals surface area (Å²) < 4.78 is 0. The van der Waals surface area contributed by atoms with Crippen LogP contribution in [0.15, 0.2) is 0 Å². The molecule has 136 valence electrons. The third-order valence-electron chi connectivity index (χ3n) is 5.52. The molecule has 0 aromatic rings. The molecular weight excluding hydrogens is 313 g/mol. The normalized spacial score (nSPS) is 30.5. The molecule has 0 saturated carbocycles. The van der Waals surface area contributed by atoms with Crippen LogP contribution < -0.4 is 11.1 Å². The van der Waals surface area contributed by atoms with Crippen LogP contribution in [0.2, 0.25) is 6.32 Å². The number of aliphatic carboxylic acids is 1. The lowest BCUT2D eigenvalue weighted by Crippen LogP contribution is -2.62. The van der Waals surface area contributed by atoms with Gasteiger partial charge in [0.15, 0.2) is 0 Å². The van der Waals surface area contributed by atoms with Crippen LogP contribution in [0, 0.1) is 11.8 Å². The Morgan fingerprint density at radius 3 is 2.62 bits per heavy atom. The van der Waals surface area contributed by atoms with Crippen LogP contribution in [0.5, 0.6) is 0 Å². The maximum absolute atomic E-state index is 12.7. The molecule has 2 rings (SSSR count). The summed E-state index contributed by atoms with van der Waals surface area (Å²) in [5, 5.41) is 30.9. The lowest BCUT2D eigenvalue weighted by atomic mass is 9.72. The number of nitrogens with zero attached hydrogens (tertiary/aromatic N) is 1. The molecule has 8 nitrogen and oxygen atoms in total. The molecular formula is C15H28BN3O5. The summed E-state index contributed by atoms with van der Waals surface area (Å²) in [6.07, 6.45) is 1.54. The van der Waals surface area contributed by atoms with Gasteiger partial charge in [-0.15, -0.1) is 0 Å². The molecule has 0 spiro atoms. The van der Waals surface area contributed by atoms with E-state index in [-0.39, 0.29) is 30.1 Å². The molecule has 0 aliphatic carbocycles. The molecule has 0 aromatic heterocycles. The van der Waals surface area contributed by atoms with Crippen molar-refractivity contribution in [2.75, 3.05) is 13.1 Å². The molecule has 6 N–H and O–H groups in total. The van der Waals surface area contributed by atoms with Gasteiger partial charge in [0.1, 0.15) is 5.54 Å². The van der Waals surface area contributed by atoms with Gasteiger partial charge >= 0.3 is 13.1 Å². The van der Waals surface area contributed by atoms with Gasteiger partial charge in [0.05, 0.1) is 6.04 Å². The average molecular weight is 341 g/mol. The Bertz CT molecular complexity index is 490. The fourth-order valence-electron chi connectivity index (χ4n) is 4.00. The summed E-state index contributed by atoms with van der Waals surface area (Å²) in [6, 6.07) is -0.814. The van der Waals surface area contributed by atoms with Crippen LogP contribution >= 0.6 is 0 Å². The van der Waals surface area contributed by atoms with Crippen molar-refractivity contribution in [2.45, 2.75) is 57.1 Å². The monoisotopic (exact) mass is 341 g/mol. The van der Waals surface area contributed by atoms with Crippen molar-refractivity contribution in [3.63, 3.8) is 0 Å². The number of carboxylic acids is 1. The molecule has 2 bridgehead atoms. The molecule has 2 heterocycles. The molecule has 0 aromatic carbocycles. The van der Waals surface area contributed by atoms with Gasteiger partial charge in [-0.05, 0) is 25.1 Å². The van der Waals surface area contributed by atoms with E-state index < -0.39 is 24.7 Å². The number of carboxylic acid groups (broad SMARTS) is 1. The van der Waals surface area contributed by atoms with Crippen molar-refractivity contribution in [1.82, 2.24) is 10.2 Å². The van der Waals surface area contributed by atoms with E-state index in [0.29, 0.717) is 32.4 Å². The first-order chi connectivity index (χ1) is 11.2. The molecule has 1 amide bonds. The number of likely N-dealkylation sites (tertiary alicyclic amines) is 1. The number of carbonyl (C=O) groups is 2. The van der Waals surface area contributed by atoms with Gasteiger partial charge in [0.25, 0.3) is 0 Å². The predicted molar refractivity (Wildman–Crippen MR) is 89.0 cm³/mol. The smallest absolute Gasteiger partial charge is 0.451 e. The second kappa shape index (κ2) is 7.39. The Morgan fingerprint density at radius 1 is 1.42 bits per heavy atom. The lowest BCUT2D eigenvalue weighted by molar-refractivity contribution is -0.152. The van der Waals surface area contributed by atoms with E-state index in [1.54, 1.807) is 4.90 Å². The number of rotatable bonds is 7. The highest BCUT2D eigenvalue weighted by Gasteiger charge is 2.58. The van der Waals surface area contributed by atoms with Crippen molar-refractivity contribution in [2.24, 2.45) is 17.6 Å². The first-order valence-electron chi connectivity index (χ1n) is 8.61. The van der Waals surface area contributed by atoms with Crippen molar-refractivity contribution >= 4 is 19.0 Å². The maximum Gasteiger partial charge on any atom is 0.451 e. The van der Waals surface area contributed by atoms with Gasteiger partial charge in [-0.2, -0.15) is 0 Å². The topological polar surface area (TPSA) is 136 Å². The molecule has 2 saturated heterocycles.